The molecule has 0 aromatic heterocycles. The van der Waals surface area contributed by atoms with E-state index in [0.717, 1.165) is 12.3 Å². The molecule has 1 aliphatic heterocycles. The van der Waals surface area contributed by atoms with Crippen molar-refractivity contribution in [2.75, 3.05) is 12.3 Å². The first-order chi connectivity index (χ1) is 4.39. The van der Waals surface area contributed by atoms with Gasteiger partial charge in [0.2, 0.25) is 0 Å². The van der Waals surface area contributed by atoms with Gasteiger partial charge in [0.25, 0.3) is 0 Å². The summed E-state index contributed by atoms with van der Waals surface area (Å²) in [6.07, 6.45) is 8.38. The summed E-state index contributed by atoms with van der Waals surface area (Å²) >= 11 is 0. The predicted octanol–water partition coefficient (Wildman–Crippen LogP) is 2.78. The lowest BCUT2D eigenvalue weighted by atomic mass is 10.2. The lowest BCUT2D eigenvalue weighted by Crippen LogP contribution is -1.90. The van der Waals surface area contributed by atoms with E-state index in [0.29, 0.717) is 0 Å². The summed E-state index contributed by atoms with van der Waals surface area (Å²) in [5.41, 5.74) is 0. The van der Waals surface area contributed by atoms with Crippen LogP contribution in [0.1, 0.15) is 32.1 Å². The minimum Gasteiger partial charge on any atom is -0.0748 e. The third kappa shape index (κ3) is 2.95. The van der Waals surface area contributed by atoms with Crippen LogP contribution < -0.4 is 0 Å². The first-order valence-corrected chi connectivity index (χ1v) is 5.45. The Morgan fingerprint density at radius 3 is 1.78 bits per heavy atom. The van der Waals surface area contributed by atoms with E-state index in [9.17, 15) is 4.57 Å². The molecule has 0 saturated carbocycles. The molecule has 52 valence electrons. The predicted molar refractivity (Wildman–Crippen MR) is 40.4 cm³/mol. The first-order valence-electron chi connectivity index (χ1n) is 3.82. The van der Waals surface area contributed by atoms with E-state index < -0.39 is 7.80 Å². The summed E-state index contributed by atoms with van der Waals surface area (Å²) < 4.78 is 11.0. The summed E-state index contributed by atoms with van der Waals surface area (Å²) in [6.45, 7) is 0. The average Bonchev–Trinajstić information content (AvgIpc) is 1.79. The Morgan fingerprint density at radius 2 is 1.22 bits per heavy atom. The average molecular weight is 145 g/mol. The largest absolute Gasteiger partial charge is 0.338 e. The highest BCUT2D eigenvalue weighted by atomic mass is 31.1. The van der Waals surface area contributed by atoms with Crippen LogP contribution in [-0.4, -0.2) is 12.3 Å². The van der Waals surface area contributed by atoms with E-state index in [1.54, 1.807) is 0 Å². The molecule has 1 heterocycles. The van der Waals surface area contributed by atoms with Crippen molar-refractivity contribution in [2.45, 2.75) is 32.1 Å². The second-order valence-corrected chi connectivity index (χ2v) is 4.55. The van der Waals surface area contributed by atoms with Crippen molar-refractivity contribution in [3.8, 4) is 0 Å². The normalized spacial score (nSPS) is 22.9. The van der Waals surface area contributed by atoms with E-state index in [4.69, 9.17) is 0 Å². The van der Waals surface area contributed by atoms with Crippen LogP contribution in [0.15, 0.2) is 0 Å². The molecule has 0 bridgehead atoms. The lowest BCUT2D eigenvalue weighted by molar-refractivity contribution is 0.570. The topological polar surface area (TPSA) is 17.1 Å². The molecule has 1 aliphatic rings. The Bertz CT molecular complexity index is 91.1. The van der Waals surface area contributed by atoms with E-state index in [1.165, 1.54) is 32.1 Å². The minimum atomic E-state index is -0.785. The molecular weight excluding hydrogens is 131 g/mol. The van der Waals surface area contributed by atoms with Crippen molar-refractivity contribution in [1.29, 1.82) is 0 Å². The zero-order valence-electron chi connectivity index (χ0n) is 5.81. The highest BCUT2D eigenvalue weighted by Gasteiger charge is 2.15. The van der Waals surface area contributed by atoms with E-state index in [1.807, 2.05) is 0 Å². The summed E-state index contributed by atoms with van der Waals surface area (Å²) in [7, 11) is -0.785. The number of hydrogen-bond donors (Lipinski definition) is 0. The van der Waals surface area contributed by atoms with Crippen LogP contribution >= 0.6 is 7.80 Å². The maximum Gasteiger partial charge on any atom is 0.338 e. The quantitative estimate of drug-likeness (QED) is 0.479. The molecule has 1 saturated heterocycles. The van der Waals surface area contributed by atoms with Crippen molar-refractivity contribution < 1.29 is 4.57 Å². The van der Waals surface area contributed by atoms with Crippen LogP contribution in [0.3, 0.4) is 0 Å². The van der Waals surface area contributed by atoms with E-state index in [-0.39, 0.29) is 0 Å². The maximum absolute atomic E-state index is 11.0. The van der Waals surface area contributed by atoms with Crippen molar-refractivity contribution in [3.05, 3.63) is 0 Å². The van der Waals surface area contributed by atoms with Gasteiger partial charge < -0.3 is 0 Å². The Kier molecular flexibility index (Phi) is 3.21. The lowest BCUT2D eigenvalue weighted by Gasteiger charge is -1.98. The summed E-state index contributed by atoms with van der Waals surface area (Å²) in [5, 5.41) is 0. The van der Waals surface area contributed by atoms with Crippen molar-refractivity contribution in [2.24, 2.45) is 0 Å². The molecule has 0 aliphatic carbocycles. The fraction of sp³-hybridized carbons (Fsp3) is 1.00. The van der Waals surface area contributed by atoms with Gasteiger partial charge in [-0.3, -0.25) is 0 Å². The SMILES string of the molecule is O=[P+]1CCCCCCC1. The van der Waals surface area contributed by atoms with Crippen molar-refractivity contribution in [1.82, 2.24) is 0 Å². The second kappa shape index (κ2) is 4.00. The summed E-state index contributed by atoms with van der Waals surface area (Å²) in [4.78, 5) is 0. The van der Waals surface area contributed by atoms with Crippen molar-refractivity contribution in [3.63, 3.8) is 0 Å². The molecular formula is C7H14OP+. The standard InChI is InChI=1S/C7H14OP/c8-9-6-4-2-1-3-5-7-9/h1-7H2/q+1. The fourth-order valence-electron chi connectivity index (χ4n) is 1.22. The smallest absolute Gasteiger partial charge is 0.0748 e. The van der Waals surface area contributed by atoms with Gasteiger partial charge in [-0.1, -0.05) is 11.0 Å². The highest BCUT2D eigenvalue weighted by molar-refractivity contribution is 7.44. The van der Waals surface area contributed by atoms with Crippen molar-refractivity contribution >= 4 is 7.80 Å². The summed E-state index contributed by atoms with van der Waals surface area (Å²) in [6, 6.07) is 0. The van der Waals surface area contributed by atoms with Gasteiger partial charge in [0.1, 0.15) is 12.3 Å². The molecule has 1 nitrogen and oxygen atoms in total. The third-order valence-electron chi connectivity index (χ3n) is 1.82. The van der Waals surface area contributed by atoms with Gasteiger partial charge in [0.05, 0.1) is 0 Å². The van der Waals surface area contributed by atoms with Gasteiger partial charge >= 0.3 is 7.80 Å². The number of hydrogen-bond acceptors (Lipinski definition) is 1. The third-order valence-corrected chi connectivity index (χ3v) is 3.45. The minimum absolute atomic E-state index is 0.785. The van der Waals surface area contributed by atoms with Crippen LogP contribution in [0.5, 0.6) is 0 Å². The molecule has 0 unspecified atom stereocenters. The van der Waals surface area contributed by atoms with E-state index >= 15 is 0 Å². The highest BCUT2D eigenvalue weighted by Crippen LogP contribution is 2.27. The van der Waals surface area contributed by atoms with Gasteiger partial charge in [-0.05, 0) is 25.7 Å². The maximum atomic E-state index is 11.0. The Labute approximate surface area is 57.6 Å². The van der Waals surface area contributed by atoms with Gasteiger partial charge in [0.15, 0.2) is 0 Å². The van der Waals surface area contributed by atoms with Gasteiger partial charge in [-0.15, -0.1) is 0 Å². The van der Waals surface area contributed by atoms with Crippen LogP contribution in [0.2, 0.25) is 0 Å². The molecule has 9 heavy (non-hydrogen) atoms. The molecule has 0 spiro atoms. The van der Waals surface area contributed by atoms with Gasteiger partial charge in [-0.2, -0.15) is 0 Å². The zero-order chi connectivity index (χ0) is 6.53. The molecule has 1 fully saturated rings. The van der Waals surface area contributed by atoms with Gasteiger partial charge in [0, 0.05) is 0 Å². The molecule has 0 amide bonds. The molecule has 2 heteroatoms. The van der Waals surface area contributed by atoms with Crippen LogP contribution in [0.25, 0.3) is 0 Å². The molecule has 0 N–H and O–H groups in total. The van der Waals surface area contributed by atoms with E-state index in [2.05, 4.69) is 0 Å². The first kappa shape index (κ1) is 7.21. The number of rotatable bonds is 0. The zero-order valence-corrected chi connectivity index (χ0v) is 6.70. The Balaban J connectivity index is 2.20. The molecule has 0 radical (unpaired) electrons. The van der Waals surface area contributed by atoms with Crippen LogP contribution in [0, 0.1) is 0 Å². The molecule has 1 rings (SSSR count). The fourth-order valence-corrected chi connectivity index (χ4v) is 2.59. The Morgan fingerprint density at radius 1 is 0.778 bits per heavy atom. The van der Waals surface area contributed by atoms with Gasteiger partial charge in [-0.25, -0.2) is 0 Å². The second-order valence-electron chi connectivity index (χ2n) is 2.70. The molecule has 0 aromatic rings. The molecule has 0 aromatic carbocycles. The van der Waals surface area contributed by atoms with Crippen LogP contribution in [0.4, 0.5) is 0 Å². The molecule has 0 atom stereocenters. The van der Waals surface area contributed by atoms with Crippen LogP contribution in [-0.2, 0) is 4.57 Å². The summed E-state index contributed by atoms with van der Waals surface area (Å²) in [5.74, 6) is 0. The Hall–Kier alpha value is 0.100. The monoisotopic (exact) mass is 145 g/mol.